The van der Waals surface area contributed by atoms with Crippen molar-refractivity contribution >= 4 is 5.91 Å². The fraction of sp³-hybridized carbons (Fsp3) is 0.500. The summed E-state index contributed by atoms with van der Waals surface area (Å²) in [5.74, 6) is 1.72. The van der Waals surface area contributed by atoms with Crippen LogP contribution in [0.15, 0.2) is 10.5 Å². The molecule has 0 spiro atoms. The third-order valence-electron chi connectivity index (χ3n) is 3.92. The fourth-order valence-electron chi connectivity index (χ4n) is 2.68. The third-order valence-corrected chi connectivity index (χ3v) is 3.92. The molecule has 0 aliphatic carbocycles. The standard InChI is InChI=1S/C16H23N3O2/c1-9-7-15(13(5)21-9)10(2)17-16(20)8-14-11(3)18-19(6)12(14)4/h7,10H,8H2,1-6H3,(H,17,20). The van der Waals surface area contributed by atoms with Gasteiger partial charge < -0.3 is 9.73 Å². The van der Waals surface area contributed by atoms with E-state index in [1.54, 1.807) is 0 Å². The zero-order chi connectivity index (χ0) is 15.7. The van der Waals surface area contributed by atoms with Gasteiger partial charge in [0.05, 0.1) is 18.2 Å². The van der Waals surface area contributed by atoms with Crippen molar-refractivity contribution in [3.63, 3.8) is 0 Å². The zero-order valence-electron chi connectivity index (χ0n) is 13.6. The Balaban J connectivity index is 2.06. The van der Waals surface area contributed by atoms with Crippen molar-refractivity contribution in [1.82, 2.24) is 15.1 Å². The maximum atomic E-state index is 12.2. The van der Waals surface area contributed by atoms with Crippen LogP contribution in [0.5, 0.6) is 0 Å². The highest BCUT2D eigenvalue weighted by Gasteiger charge is 2.18. The monoisotopic (exact) mass is 289 g/mol. The van der Waals surface area contributed by atoms with Crippen LogP contribution >= 0.6 is 0 Å². The van der Waals surface area contributed by atoms with E-state index in [-0.39, 0.29) is 11.9 Å². The van der Waals surface area contributed by atoms with Crippen molar-refractivity contribution in [2.24, 2.45) is 7.05 Å². The van der Waals surface area contributed by atoms with E-state index in [1.165, 1.54) is 0 Å². The quantitative estimate of drug-likeness (QED) is 0.941. The average Bonchev–Trinajstić information content (AvgIpc) is 2.83. The van der Waals surface area contributed by atoms with Gasteiger partial charge in [-0.3, -0.25) is 9.48 Å². The molecule has 0 aliphatic heterocycles. The molecule has 0 fully saturated rings. The van der Waals surface area contributed by atoms with E-state index in [9.17, 15) is 4.79 Å². The largest absolute Gasteiger partial charge is 0.466 e. The summed E-state index contributed by atoms with van der Waals surface area (Å²) < 4.78 is 7.32. The van der Waals surface area contributed by atoms with Crippen LogP contribution in [0.1, 0.15) is 47.0 Å². The molecule has 5 nitrogen and oxygen atoms in total. The first-order chi connectivity index (χ1) is 9.79. The van der Waals surface area contributed by atoms with Gasteiger partial charge in [0, 0.05) is 23.9 Å². The third kappa shape index (κ3) is 3.17. The van der Waals surface area contributed by atoms with E-state index in [2.05, 4.69) is 10.4 Å². The molecule has 0 saturated heterocycles. The highest BCUT2D eigenvalue weighted by molar-refractivity contribution is 5.79. The Labute approximate surface area is 125 Å². The lowest BCUT2D eigenvalue weighted by Gasteiger charge is -2.13. The summed E-state index contributed by atoms with van der Waals surface area (Å²) in [5.41, 5.74) is 3.97. The number of hydrogen-bond acceptors (Lipinski definition) is 3. The molecule has 1 amide bonds. The molecule has 21 heavy (non-hydrogen) atoms. The Bertz CT molecular complexity index is 667. The van der Waals surface area contributed by atoms with Crippen molar-refractivity contribution in [2.75, 3.05) is 0 Å². The van der Waals surface area contributed by atoms with Gasteiger partial charge in [0.2, 0.25) is 5.91 Å². The van der Waals surface area contributed by atoms with E-state index >= 15 is 0 Å². The molecule has 2 aromatic rings. The number of nitrogens with one attached hydrogen (secondary N) is 1. The topological polar surface area (TPSA) is 60.1 Å². The normalized spacial score (nSPS) is 12.5. The second kappa shape index (κ2) is 5.76. The molecule has 0 saturated carbocycles. The van der Waals surface area contributed by atoms with E-state index in [0.29, 0.717) is 6.42 Å². The number of nitrogens with zero attached hydrogens (tertiary/aromatic N) is 2. The lowest BCUT2D eigenvalue weighted by atomic mass is 10.1. The molecule has 114 valence electrons. The second-order valence-corrected chi connectivity index (χ2v) is 5.61. The minimum Gasteiger partial charge on any atom is -0.466 e. The van der Waals surface area contributed by atoms with Crippen LogP contribution in [0, 0.1) is 27.7 Å². The number of furan rings is 1. The molecule has 0 aromatic carbocycles. The highest BCUT2D eigenvalue weighted by atomic mass is 16.3. The second-order valence-electron chi connectivity index (χ2n) is 5.61. The van der Waals surface area contributed by atoms with Gasteiger partial charge in [-0.05, 0) is 40.7 Å². The van der Waals surface area contributed by atoms with E-state index in [4.69, 9.17) is 4.42 Å². The number of hydrogen-bond donors (Lipinski definition) is 1. The Morgan fingerprint density at radius 2 is 2.05 bits per heavy atom. The summed E-state index contributed by atoms with van der Waals surface area (Å²) in [7, 11) is 1.89. The van der Waals surface area contributed by atoms with Gasteiger partial charge in [-0.2, -0.15) is 5.10 Å². The SMILES string of the molecule is Cc1cc(C(C)NC(=O)Cc2c(C)nn(C)c2C)c(C)o1. The predicted octanol–water partition coefficient (Wildman–Crippen LogP) is 2.67. The molecular formula is C16H23N3O2. The zero-order valence-corrected chi connectivity index (χ0v) is 13.6. The van der Waals surface area contributed by atoms with Crippen LogP contribution < -0.4 is 5.32 Å². The van der Waals surface area contributed by atoms with E-state index in [0.717, 1.165) is 34.0 Å². The van der Waals surface area contributed by atoms with Gasteiger partial charge in [-0.15, -0.1) is 0 Å². The van der Waals surface area contributed by atoms with Crippen LogP contribution in [0.25, 0.3) is 0 Å². The summed E-state index contributed by atoms with van der Waals surface area (Å²) in [6.07, 6.45) is 0.353. The molecule has 2 aromatic heterocycles. The fourth-order valence-corrected chi connectivity index (χ4v) is 2.68. The molecule has 5 heteroatoms. The van der Waals surface area contributed by atoms with E-state index in [1.807, 2.05) is 52.4 Å². The van der Waals surface area contributed by atoms with Crippen molar-refractivity contribution in [3.8, 4) is 0 Å². The molecule has 1 unspecified atom stereocenters. The summed E-state index contributed by atoms with van der Waals surface area (Å²) in [6.45, 7) is 9.71. The molecule has 0 radical (unpaired) electrons. The van der Waals surface area contributed by atoms with Crippen LogP contribution in [-0.2, 0) is 18.3 Å². The summed E-state index contributed by atoms with van der Waals surface area (Å²) in [4.78, 5) is 12.2. The van der Waals surface area contributed by atoms with Gasteiger partial charge in [-0.25, -0.2) is 0 Å². The van der Waals surface area contributed by atoms with Crippen molar-refractivity contribution in [1.29, 1.82) is 0 Å². The van der Waals surface area contributed by atoms with Gasteiger partial charge in [0.25, 0.3) is 0 Å². The van der Waals surface area contributed by atoms with Crippen molar-refractivity contribution in [2.45, 2.75) is 47.1 Å². The van der Waals surface area contributed by atoms with Gasteiger partial charge in [0.15, 0.2) is 0 Å². The predicted molar refractivity (Wildman–Crippen MR) is 81.1 cm³/mol. The Hall–Kier alpha value is -2.04. The van der Waals surface area contributed by atoms with Gasteiger partial charge >= 0.3 is 0 Å². The molecule has 2 rings (SSSR count). The minimum atomic E-state index is -0.0627. The van der Waals surface area contributed by atoms with Gasteiger partial charge in [0.1, 0.15) is 11.5 Å². The average molecular weight is 289 g/mol. The smallest absolute Gasteiger partial charge is 0.225 e. The Morgan fingerprint density at radius 3 is 2.52 bits per heavy atom. The summed E-state index contributed by atoms with van der Waals surface area (Å²) in [6, 6.07) is 1.91. The number of rotatable bonds is 4. The van der Waals surface area contributed by atoms with E-state index < -0.39 is 0 Å². The number of carbonyl (C=O) groups is 1. The molecule has 0 bridgehead atoms. The molecule has 2 heterocycles. The number of aromatic nitrogens is 2. The molecule has 1 N–H and O–H groups in total. The molecule has 0 aliphatic rings. The first-order valence-electron chi connectivity index (χ1n) is 7.15. The molecular weight excluding hydrogens is 266 g/mol. The first-order valence-corrected chi connectivity index (χ1v) is 7.15. The lowest BCUT2D eigenvalue weighted by Crippen LogP contribution is -2.28. The maximum absolute atomic E-state index is 12.2. The Morgan fingerprint density at radius 1 is 1.38 bits per heavy atom. The number of aryl methyl sites for hydroxylation is 4. The van der Waals surface area contributed by atoms with Crippen molar-refractivity contribution < 1.29 is 9.21 Å². The first kappa shape index (κ1) is 15.4. The number of carbonyl (C=O) groups excluding carboxylic acids is 1. The van der Waals surface area contributed by atoms with Crippen LogP contribution in [0.2, 0.25) is 0 Å². The van der Waals surface area contributed by atoms with Crippen LogP contribution in [0.3, 0.4) is 0 Å². The summed E-state index contributed by atoms with van der Waals surface area (Å²) in [5, 5.41) is 7.37. The molecule has 1 atom stereocenters. The van der Waals surface area contributed by atoms with Gasteiger partial charge in [-0.1, -0.05) is 0 Å². The Kier molecular flexibility index (Phi) is 4.21. The number of amides is 1. The highest BCUT2D eigenvalue weighted by Crippen LogP contribution is 2.21. The maximum Gasteiger partial charge on any atom is 0.225 e. The van der Waals surface area contributed by atoms with Crippen LogP contribution in [-0.4, -0.2) is 15.7 Å². The minimum absolute atomic E-state index is 0.0000435. The summed E-state index contributed by atoms with van der Waals surface area (Å²) >= 11 is 0. The van der Waals surface area contributed by atoms with Crippen LogP contribution in [0.4, 0.5) is 0 Å². The van der Waals surface area contributed by atoms with Crippen molar-refractivity contribution in [3.05, 3.63) is 40.1 Å². The lowest BCUT2D eigenvalue weighted by molar-refractivity contribution is -0.121.